The van der Waals surface area contributed by atoms with Crippen LogP contribution in [0.1, 0.15) is 35.6 Å². The summed E-state index contributed by atoms with van der Waals surface area (Å²) in [6, 6.07) is 0. The van der Waals surface area contributed by atoms with Crippen LogP contribution in [0.2, 0.25) is 0 Å². The smallest absolute Gasteiger partial charge is 0.277 e. The average molecular weight is 273 g/mol. The highest BCUT2D eigenvalue weighted by atomic mass is 35.5. The number of aromatic nitrogens is 2. The Bertz CT molecular complexity index is 513. The Morgan fingerprint density at radius 2 is 2.11 bits per heavy atom. The Balaban J connectivity index is 0.00000162. The molecule has 0 radical (unpaired) electrons. The average Bonchev–Trinajstić information content (AvgIpc) is 2.54. The molecule has 0 bridgehead atoms. The molecule has 0 aromatic carbocycles. The number of hydrogen-bond acceptors (Lipinski definition) is 4. The van der Waals surface area contributed by atoms with Gasteiger partial charge in [0, 0.05) is 20.0 Å². The van der Waals surface area contributed by atoms with Gasteiger partial charge < -0.3 is 11.1 Å². The van der Waals surface area contributed by atoms with Crippen molar-refractivity contribution in [3.63, 3.8) is 0 Å². The van der Waals surface area contributed by atoms with Crippen LogP contribution in [0, 0.1) is 0 Å². The Hall–Kier alpha value is -1.56. The van der Waals surface area contributed by atoms with E-state index in [1.54, 1.807) is 11.6 Å². The van der Waals surface area contributed by atoms with Crippen LogP contribution in [0.15, 0.2) is 4.79 Å². The maximum Gasteiger partial charge on any atom is 0.277 e. The standard InChI is InChI=1S/C11H16N4O2.ClH/c1-13-9-8(10(12)16)14-7-5-3-2-4-6-15(7)11(9)17;/h13H,2-6H2,1H3,(H2,12,16);1H. The summed E-state index contributed by atoms with van der Waals surface area (Å²) < 4.78 is 1.64. The Labute approximate surface area is 111 Å². The molecule has 7 heteroatoms. The zero-order chi connectivity index (χ0) is 12.4. The Morgan fingerprint density at radius 3 is 2.72 bits per heavy atom. The van der Waals surface area contributed by atoms with Gasteiger partial charge in [-0.05, 0) is 12.8 Å². The molecule has 3 N–H and O–H groups in total. The zero-order valence-corrected chi connectivity index (χ0v) is 11.0. The van der Waals surface area contributed by atoms with E-state index in [9.17, 15) is 9.59 Å². The number of anilines is 1. The van der Waals surface area contributed by atoms with E-state index in [4.69, 9.17) is 5.73 Å². The third kappa shape index (κ3) is 2.48. The van der Waals surface area contributed by atoms with Gasteiger partial charge in [0.25, 0.3) is 11.5 Å². The van der Waals surface area contributed by atoms with E-state index in [-0.39, 0.29) is 29.3 Å². The highest BCUT2D eigenvalue weighted by Gasteiger charge is 2.19. The molecule has 100 valence electrons. The minimum atomic E-state index is -0.668. The Kier molecular flexibility index (Phi) is 4.72. The normalized spacial score (nSPS) is 14.1. The second kappa shape index (κ2) is 5.86. The maximum atomic E-state index is 12.2. The van der Waals surface area contributed by atoms with E-state index < -0.39 is 5.91 Å². The summed E-state index contributed by atoms with van der Waals surface area (Å²) in [5.41, 5.74) is 5.29. The molecule has 6 nitrogen and oxygen atoms in total. The predicted octanol–water partition coefficient (Wildman–Crippen LogP) is 0.532. The van der Waals surface area contributed by atoms with Gasteiger partial charge in [-0.15, -0.1) is 12.4 Å². The third-order valence-electron chi connectivity index (χ3n) is 3.01. The van der Waals surface area contributed by atoms with Gasteiger partial charge >= 0.3 is 0 Å². The molecule has 0 saturated heterocycles. The lowest BCUT2D eigenvalue weighted by molar-refractivity contribution is 0.0995. The summed E-state index contributed by atoms with van der Waals surface area (Å²) in [4.78, 5) is 27.7. The lowest BCUT2D eigenvalue weighted by Crippen LogP contribution is -2.31. The van der Waals surface area contributed by atoms with Crippen molar-refractivity contribution in [2.75, 3.05) is 12.4 Å². The fraction of sp³-hybridized carbons (Fsp3) is 0.545. The number of halogens is 1. The number of primary amides is 1. The molecule has 2 heterocycles. The van der Waals surface area contributed by atoms with Crippen molar-refractivity contribution in [3.8, 4) is 0 Å². The van der Waals surface area contributed by atoms with Crippen molar-refractivity contribution >= 4 is 24.0 Å². The van der Waals surface area contributed by atoms with Gasteiger partial charge in [0.05, 0.1) is 0 Å². The highest BCUT2D eigenvalue weighted by molar-refractivity contribution is 5.96. The van der Waals surface area contributed by atoms with Crippen LogP contribution in [0.4, 0.5) is 5.69 Å². The molecule has 1 aromatic rings. The second-order valence-corrected chi connectivity index (χ2v) is 4.13. The van der Waals surface area contributed by atoms with Crippen LogP contribution >= 0.6 is 12.4 Å². The summed E-state index contributed by atoms with van der Waals surface area (Å²) in [7, 11) is 1.59. The SMILES string of the molecule is CNc1c(C(N)=O)nc2n(c1=O)CCCCC2.Cl. The first-order valence-corrected chi connectivity index (χ1v) is 5.76. The molecule has 0 spiro atoms. The van der Waals surface area contributed by atoms with Crippen LogP contribution in [0.25, 0.3) is 0 Å². The summed E-state index contributed by atoms with van der Waals surface area (Å²) >= 11 is 0. The van der Waals surface area contributed by atoms with E-state index in [0.29, 0.717) is 12.4 Å². The van der Waals surface area contributed by atoms with Gasteiger partial charge in [0.1, 0.15) is 11.5 Å². The van der Waals surface area contributed by atoms with Gasteiger partial charge in [-0.3, -0.25) is 14.2 Å². The predicted molar refractivity (Wildman–Crippen MR) is 71.4 cm³/mol. The molecular formula is C11H17ClN4O2. The molecule has 0 atom stereocenters. The van der Waals surface area contributed by atoms with Crippen molar-refractivity contribution in [2.24, 2.45) is 5.73 Å². The first-order valence-electron chi connectivity index (χ1n) is 5.76. The molecule has 0 unspecified atom stereocenters. The number of nitrogens with two attached hydrogens (primary N) is 1. The fourth-order valence-corrected chi connectivity index (χ4v) is 2.15. The minimum Gasteiger partial charge on any atom is -0.382 e. The van der Waals surface area contributed by atoms with E-state index in [1.165, 1.54) is 0 Å². The lowest BCUT2D eigenvalue weighted by atomic mass is 10.2. The summed E-state index contributed by atoms with van der Waals surface area (Å²) in [5.74, 6) is -0.000558. The number of rotatable bonds is 2. The summed E-state index contributed by atoms with van der Waals surface area (Å²) in [5, 5.41) is 2.72. The monoisotopic (exact) mass is 272 g/mol. The van der Waals surface area contributed by atoms with Crippen molar-refractivity contribution < 1.29 is 4.79 Å². The maximum absolute atomic E-state index is 12.2. The van der Waals surface area contributed by atoms with Crippen LogP contribution in [-0.2, 0) is 13.0 Å². The number of nitrogens with one attached hydrogen (secondary N) is 1. The van der Waals surface area contributed by atoms with Crippen LogP contribution in [0.5, 0.6) is 0 Å². The molecule has 0 aliphatic carbocycles. The molecule has 2 rings (SSSR count). The number of amides is 1. The quantitative estimate of drug-likeness (QED) is 0.822. The van der Waals surface area contributed by atoms with Crippen LogP contribution in [-0.4, -0.2) is 22.5 Å². The molecule has 0 fully saturated rings. The number of aryl methyl sites for hydroxylation is 1. The Morgan fingerprint density at radius 1 is 1.39 bits per heavy atom. The van der Waals surface area contributed by atoms with Crippen LogP contribution in [0.3, 0.4) is 0 Å². The molecule has 1 amide bonds. The first kappa shape index (κ1) is 14.5. The molecule has 1 aromatic heterocycles. The van der Waals surface area contributed by atoms with E-state index in [1.807, 2.05) is 0 Å². The van der Waals surface area contributed by atoms with Gasteiger partial charge in [-0.25, -0.2) is 4.98 Å². The molecule has 18 heavy (non-hydrogen) atoms. The molecule has 0 saturated carbocycles. The van der Waals surface area contributed by atoms with Crippen molar-refractivity contribution in [2.45, 2.75) is 32.2 Å². The van der Waals surface area contributed by atoms with Crippen molar-refractivity contribution in [3.05, 3.63) is 21.9 Å². The van der Waals surface area contributed by atoms with Crippen molar-refractivity contribution in [1.82, 2.24) is 9.55 Å². The topological polar surface area (TPSA) is 90.0 Å². The zero-order valence-electron chi connectivity index (χ0n) is 10.2. The second-order valence-electron chi connectivity index (χ2n) is 4.13. The summed E-state index contributed by atoms with van der Waals surface area (Å²) in [6.45, 7) is 0.662. The third-order valence-corrected chi connectivity index (χ3v) is 3.01. The first-order chi connectivity index (χ1) is 8.15. The largest absolute Gasteiger partial charge is 0.382 e. The number of fused-ring (bicyclic) bond motifs is 1. The van der Waals surface area contributed by atoms with Crippen LogP contribution < -0.4 is 16.6 Å². The number of hydrogen-bond donors (Lipinski definition) is 2. The van der Waals surface area contributed by atoms with E-state index in [2.05, 4.69) is 10.3 Å². The number of nitrogens with zero attached hydrogens (tertiary/aromatic N) is 2. The van der Waals surface area contributed by atoms with Gasteiger partial charge in [0.15, 0.2) is 5.69 Å². The number of carbonyl (C=O) groups is 1. The minimum absolute atomic E-state index is 0. The molecular weight excluding hydrogens is 256 g/mol. The van der Waals surface area contributed by atoms with Crippen molar-refractivity contribution in [1.29, 1.82) is 0 Å². The highest BCUT2D eigenvalue weighted by Crippen LogP contribution is 2.14. The summed E-state index contributed by atoms with van der Waals surface area (Å²) in [6.07, 6.45) is 3.75. The fourth-order valence-electron chi connectivity index (χ4n) is 2.15. The van der Waals surface area contributed by atoms with Gasteiger partial charge in [-0.1, -0.05) is 6.42 Å². The van der Waals surface area contributed by atoms with E-state index in [0.717, 1.165) is 25.7 Å². The number of carbonyl (C=O) groups excluding carboxylic acids is 1. The lowest BCUT2D eigenvalue weighted by Gasteiger charge is -2.12. The van der Waals surface area contributed by atoms with Gasteiger partial charge in [-0.2, -0.15) is 0 Å². The molecule has 1 aliphatic heterocycles. The van der Waals surface area contributed by atoms with E-state index >= 15 is 0 Å². The van der Waals surface area contributed by atoms with Gasteiger partial charge in [0.2, 0.25) is 0 Å². The molecule has 1 aliphatic rings.